The van der Waals surface area contributed by atoms with E-state index in [2.05, 4.69) is 11.8 Å². The van der Waals surface area contributed by atoms with Crippen LogP contribution in [0.15, 0.2) is 24.3 Å². The maximum absolute atomic E-state index is 8.90. The smallest absolute Gasteiger partial charge is 0.120 e. The molecule has 0 radical (unpaired) electrons. The number of rotatable bonds is 8. The van der Waals surface area contributed by atoms with Gasteiger partial charge < -0.3 is 20.1 Å². The third-order valence-electron chi connectivity index (χ3n) is 2.65. The molecule has 0 aliphatic heterocycles. The minimum absolute atomic E-state index is 0.0617. The van der Waals surface area contributed by atoms with E-state index in [1.807, 2.05) is 29.2 Å². The van der Waals surface area contributed by atoms with Crippen molar-refractivity contribution in [1.29, 1.82) is 0 Å². The number of aliphatic hydroxyl groups is 3. The molecule has 0 aromatic heterocycles. The van der Waals surface area contributed by atoms with Gasteiger partial charge in [-0.05, 0) is 18.2 Å². The molecule has 3 N–H and O–H groups in total. The van der Waals surface area contributed by atoms with Gasteiger partial charge in [0.1, 0.15) is 19.0 Å². The molecular formula is C15H21NO4. The number of nitrogens with zero attached hydrogens (tertiary/aromatic N) is 1. The molecule has 0 saturated carbocycles. The van der Waals surface area contributed by atoms with Crippen molar-refractivity contribution >= 4 is 0 Å². The second-order valence-electron chi connectivity index (χ2n) is 4.13. The minimum atomic E-state index is -0.164. The summed E-state index contributed by atoms with van der Waals surface area (Å²) in [7, 11) is 0. The monoisotopic (exact) mass is 279 g/mol. The molecule has 1 rings (SSSR count). The Morgan fingerprint density at radius 3 is 2.45 bits per heavy atom. The summed E-state index contributed by atoms with van der Waals surface area (Å²) in [6.07, 6.45) is 0. The van der Waals surface area contributed by atoms with Crippen molar-refractivity contribution in [2.75, 3.05) is 46.1 Å². The fourth-order valence-electron chi connectivity index (χ4n) is 1.72. The van der Waals surface area contributed by atoms with E-state index >= 15 is 0 Å². The summed E-state index contributed by atoms with van der Waals surface area (Å²) in [5, 5.41) is 26.4. The predicted molar refractivity (Wildman–Crippen MR) is 76.5 cm³/mol. The van der Waals surface area contributed by atoms with Crippen LogP contribution >= 0.6 is 0 Å². The van der Waals surface area contributed by atoms with Crippen molar-refractivity contribution < 1.29 is 20.1 Å². The third-order valence-corrected chi connectivity index (χ3v) is 2.65. The number of hydrogen-bond donors (Lipinski definition) is 3. The molecule has 5 heteroatoms. The molecule has 0 bridgehead atoms. The quantitative estimate of drug-likeness (QED) is 0.570. The molecule has 5 nitrogen and oxygen atoms in total. The van der Waals surface area contributed by atoms with Gasteiger partial charge in [-0.25, -0.2) is 0 Å². The predicted octanol–water partition coefficient (Wildman–Crippen LogP) is -0.304. The van der Waals surface area contributed by atoms with E-state index in [4.69, 9.17) is 20.1 Å². The zero-order valence-electron chi connectivity index (χ0n) is 11.5. The van der Waals surface area contributed by atoms with E-state index in [1.165, 1.54) is 0 Å². The highest BCUT2D eigenvalue weighted by molar-refractivity contribution is 5.39. The number of benzene rings is 1. The number of ether oxygens (including phenoxy) is 1. The Balaban J connectivity index is 2.44. The number of hydrogen-bond acceptors (Lipinski definition) is 5. The van der Waals surface area contributed by atoms with Crippen LogP contribution in [0.25, 0.3) is 0 Å². The molecule has 0 unspecified atom stereocenters. The third kappa shape index (κ3) is 6.55. The zero-order chi connectivity index (χ0) is 14.6. The Labute approximate surface area is 119 Å². The molecule has 0 atom stereocenters. The van der Waals surface area contributed by atoms with Crippen molar-refractivity contribution in [3.63, 3.8) is 0 Å². The van der Waals surface area contributed by atoms with Crippen LogP contribution in [0.4, 0.5) is 0 Å². The molecule has 0 fully saturated rings. The fourth-order valence-corrected chi connectivity index (χ4v) is 1.72. The van der Waals surface area contributed by atoms with Crippen LogP contribution in [0.1, 0.15) is 5.56 Å². The lowest BCUT2D eigenvalue weighted by atomic mass is 10.2. The van der Waals surface area contributed by atoms with Gasteiger partial charge in [0.25, 0.3) is 0 Å². The van der Waals surface area contributed by atoms with Gasteiger partial charge >= 0.3 is 0 Å². The summed E-state index contributed by atoms with van der Waals surface area (Å²) in [4.78, 5) is 1.93. The molecule has 0 heterocycles. The first-order chi connectivity index (χ1) is 9.80. The van der Waals surface area contributed by atoms with Gasteiger partial charge in [0, 0.05) is 25.2 Å². The molecule has 1 aromatic carbocycles. The Morgan fingerprint density at radius 1 is 1.05 bits per heavy atom. The van der Waals surface area contributed by atoms with Crippen molar-refractivity contribution in [3.05, 3.63) is 29.8 Å². The molecule has 20 heavy (non-hydrogen) atoms. The lowest BCUT2D eigenvalue weighted by molar-refractivity contribution is 0.141. The van der Waals surface area contributed by atoms with Crippen LogP contribution in [-0.2, 0) is 0 Å². The highest BCUT2D eigenvalue weighted by Crippen LogP contribution is 2.12. The zero-order valence-corrected chi connectivity index (χ0v) is 11.5. The highest BCUT2D eigenvalue weighted by Gasteiger charge is 2.03. The minimum Gasteiger partial charge on any atom is -0.492 e. The second-order valence-corrected chi connectivity index (χ2v) is 4.13. The van der Waals surface area contributed by atoms with Gasteiger partial charge in [-0.1, -0.05) is 17.9 Å². The lowest BCUT2D eigenvalue weighted by Gasteiger charge is -2.20. The average Bonchev–Trinajstić information content (AvgIpc) is 2.46. The SMILES string of the molecule is OCC#Cc1cccc(OCCN(CCO)CCO)c1. The molecule has 0 spiro atoms. The first-order valence-corrected chi connectivity index (χ1v) is 6.57. The molecule has 0 aliphatic rings. The van der Waals surface area contributed by atoms with Gasteiger partial charge in [-0.15, -0.1) is 0 Å². The summed E-state index contributed by atoms with van der Waals surface area (Å²) >= 11 is 0. The molecule has 1 aromatic rings. The van der Waals surface area contributed by atoms with Gasteiger partial charge in [-0.3, -0.25) is 4.90 Å². The molecule has 0 aliphatic carbocycles. The summed E-state index contributed by atoms with van der Waals surface area (Å²) in [5.74, 6) is 6.11. The maximum Gasteiger partial charge on any atom is 0.120 e. The normalized spacial score (nSPS) is 10.2. The Morgan fingerprint density at radius 2 is 1.80 bits per heavy atom. The highest BCUT2D eigenvalue weighted by atomic mass is 16.5. The topological polar surface area (TPSA) is 73.2 Å². The van der Waals surface area contributed by atoms with Crippen molar-refractivity contribution in [3.8, 4) is 17.6 Å². The van der Waals surface area contributed by atoms with E-state index < -0.39 is 0 Å². The van der Waals surface area contributed by atoms with E-state index in [9.17, 15) is 0 Å². The Hall–Kier alpha value is -1.58. The van der Waals surface area contributed by atoms with Crippen LogP contribution in [0.2, 0.25) is 0 Å². The van der Waals surface area contributed by atoms with Crippen LogP contribution < -0.4 is 4.74 Å². The Kier molecular flexibility index (Phi) is 8.43. The first-order valence-electron chi connectivity index (χ1n) is 6.57. The molecule has 0 amide bonds. The van der Waals surface area contributed by atoms with Crippen LogP contribution in [0, 0.1) is 11.8 Å². The maximum atomic E-state index is 8.90. The largest absolute Gasteiger partial charge is 0.492 e. The average molecular weight is 279 g/mol. The Bertz CT molecular complexity index is 433. The van der Waals surface area contributed by atoms with E-state index in [0.717, 1.165) is 5.56 Å². The van der Waals surface area contributed by atoms with Crippen LogP contribution in [0.5, 0.6) is 5.75 Å². The summed E-state index contributed by atoms with van der Waals surface area (Å²) in [6, 6.07) is 7.34. The van der Waals surface area contributed by atoms with Gasteiger partial charge in [0.2, 0.25) is 0 Å². The van der Waals surface area contributed by atoms with E-state index in [0.29, 0.717) is 32.0 Å². The fraction of sp³-hybridized carbons (Fsp3) is 0.467. The van der Waals surface area contributed by atoms with Crippen molar-refractivity contribution in [2.24, 2.45) is 0 Å². The van der Waals surface area contributed by atoms with Gasteiger partial charge in [0.15, 0.2) is 0 Å². The summed E-state index contributed by atoms with van der Waals surface area (Å²) in [5.41, 5.74) is 0.791. The van der Waals surface area contributed by atoms with Crippen molar-refractivity contribution in [1.82, 2.24) is 4.90 Å². The van der Waals surface area contributed by atoms with Gasteiger partial charge in [0.05, 0.1) is 13.2 Å². The van der Waals surface area contributed by atoms with E-state index in [-0.39, 0.29) is 19.8 Å². The number of aliphatic hydroxyl groups excluding tert-OH is 3. The van der Waals surface area contributed by atoms with E-state index in [1.54, 1.807) is 0 Å². The summed E-state index contributed by atoms with van der Waals surface area (Å²) < 4.78 is 5.61. The molecule has 110 valence electrons. The van der Waals surface area contributed by atoms with Crippen molar-refractivity contribution in [2.45, 2.75) is 0 Å². The standard InChI is InChI=1S/C15H21NO4/c17-9-2-4-14-3-1-5-15(13-14)20-12-8-16(6-10-18)7-11-19/h1,3,5,13,17-19H,6-12H2. The molecule has 0 saturated heterocycles. The first kappa shape index (κ1) is 16.5. The summed E-state index contributed by atoms with van der Waals surface area (Å²) in [6.45, 7) is 2.10. The van der Waals surface area contributed by atoms with Gasteiger partial charge in [-0.2, -0.15) is 0 Å². The van der Waals surface area contributed by atoms with Crippen LogP contribution in [0.3, 0.4) is 0 Å². The lowest BCUT2D eigenvalue weighted by Crippen LogP contribution is -2.33. The second kappa shape index (κ2) is 10.2. The molecular weight excluding hydrogens is 258 g/mol. The van der Waals surface area contributed by atoms with Crippen LogP contribution in [-0.4, -0.2) is 66.3 Å².